The van der Waals surface area contributed by atoms with Crippen molar-refractivity contribution in [1.82, 2.24) is 10.6 Å². The number of imide groups is 2. The van der Waals surface area contributed by atoms with Gasteiger partial charge in [-0.05, 0) is 31.1 Å². The largest absolute Gasteiger partial charge is 0.328 e. The van der Waals surface area contributed by atoms with E-state index >= 15 is 0 Å². The van der Waals surface area contributed by atoms with Gasteiger partial charge in [0, 0.05) is 0 Å². The summed E-state index contributed by atoms with van der Waals surface area (Å²) < 4.78 is 0. The van der Waals surface area contributed by atoms with Gasteiger partial charge in [0.15, 0.2) is 0 Å². The highest BCUT2D eigenvalue weighted by Crippen LogP contribution is 2.15. The van der Waals surface area contributed by atoms with Crippen LogP contribution in [0.3, 0.4) is 0 Å². The monoisotopic (exact) mass is 244 g/mol. The van der Waals surface area contributed by atoms with Crippen LogP contribution in [0.25, 0.3) is 6.08 Å². The standard InChI is InChI=1S/C13H12N2O3/c1-7-3-4-8(2)9(5-7)6-10-11(16)14-13(18)15-12(10)17/h3-6H,1-2H3,(H2,14,15,16,17,18). The highest BCUT2D eigenvalue weighted by molar-refractivity contribution is 6.31. The average molecular weight is 244 g/mol. The maximum atomic E-state index is 11.6. The van der Waals surface area contributed by atoms with Gasteiger partial charge in [0.1, 0.15) is 5.57 Å². The van der Waals surface area contributed by atoms with Gasteiger partial charge in [-0.15, -0.1) is 0 Å². The molecule has 1 aliphatic rings. The zero-order valence-electron chi connectivity index (χ0n) is 10.0. The minimum Gasteiger partial charge on any atom is -0.273 e. The van der Waals surface area contributed by atoms with Gasteiger partial charge < -0.3 is 0 Å². The van der Waals surface area contributed by atoms with Crippen molar-refractivity contribution in [2.75, 3.05) is 0 Å². The van der Waals surface area contributed by atoms with Crippen molar-refractivity contribution < 1.29 is 14.4 Å². The molecule has 1 fully saturated rings. The van der Waals surface area contributed by atoms with E-state index < -0.39 is 17.8 Å². The number of amides is 4. The molecule has 5 nitrogen and oxygen atoms in total. The molecule has 4 amide bonds. The van der Waals surface area contributed by atoms with E-state index in [1.165, 1.54) is 6.08 Å². The zero-order valence-corrected chi connectivity index (χ0v) is 10.0. The Morgan fingerprint density at radius 2 is 1.61 bits per heavy atom. The molecular weight excluding hydrogens is 232 g/mol. The number of hydrogen-bond donors (Lipinski definition) is 2. The molecule has 0 aromatic heterocycles. The minimum absolute atomic E-state index is 0.0664. The molecule has 0 unspecified atom stereocenters. The lowest BCUT2D eigenvalue weighted by molar-refractivity contribution is -0.123. The maximum absolute atomic E-state index is 11.6. The fourth-order valence-corrected chi connectivity index (χ4v) is 1.68. The van der Waals surface area contributed by atoms with Crippen LogP contribution in [0.15, 0.2) is 23.8 Å². The fourth-order valence-electron chi connectivity index (χ4n) is 1.68. The third kappa shape index (κ3) is 2.29. The molecule has 1 aliphatic heterocycles. The van der Waals surface area contributed by atoms with Crippen LogP contribution in [0.5, 0.6) is 0 Å². The third-order valence-electron chi connectivity index (χ3n) is 2.68. The molecule has 92 valence electrons. The molecule has 0 aliphatic carbocycles. The Bertz CT molecular complexity index is 566. The quantitative estimate of drug-likeness (QED) is 0.572. The van der Waals surface area contributed by atoms with E-state index in [-0.39, 0.29) is 5.57 Å². The molecule has 1 aromatic rings. The van der Waals surface area contributed by atoms with Crippen LogP contribution < -0.4 is 10.6 Å². The number of urea groups is 1. The van der Waals surface area contributed by atoms with E-state index in [1.54, 1.807) is 0 Å². The normalized spacial score (nSPS) is 15.2. The summed E-state index contributed by atoms with van der Waals surface area (Å²) in [4.78, 5) is 34.0. The molecule has 0 atom stereocenters. The Morgan fingerprint density at radius 1 is 1.00 bits per heavy atom. The maximum Gasteiger partial charge on any atom is 0.328 e. The van der Waals surface area contributed by atoms with E-state index in [4.69, 9.17) is 0 Å². The van der Waals surface area contributed by atoms with Crippen molar-refractivity contribution in [2.24, 2.45) is 0 Å². The number of benzene rings is 1. The second-order valence-electron chi connectivity index (χ2n) is 4.16. The number of rotatable bonds is 1. The van der Waals surface area contributed by atoms with Gasteiger partial charge in [0.25, 0.3) is 11.8 Å². The van der Waals surface area contributed by atoms with Crippen molar-refractivity contribution in [3.05, 3.63) is 40.5 Å². The SMILES string of the molecule is Cc1ccc(C)c(C=C2C(=O)NC(=O)NC2=O)c1. The van der Waals surface area contributed by atoms with Crippen molar-refractivity contribution in [2.45, 2.75) is 13.8 Å². The van der Waals surface area contributed by atoms with E-state index in [2.05, 4.69) is 0 Å². The lowest BCUT2D eigenvalue weighted by Crippen LogP contribution is -2.51. The highest BCUT2D eigenvalue weighted by atomic mass is 16.2. The Labute approximate surface area is 104 Å². The fraction of sp³-hybridized carbons (Fsp3) is 0.154. The molecule has 5 heteroatoms. The second kappa shape index (κ2) is 4.44. The van der Waals surface area contributed by atoms with Crippen molar-refractivity contribution in [1.29, 1.82) is 0 Å². The molecule has 2 rings (SSSR count). The van der Waals surface area contributed by atoms with E-state index in [1.807, 2.05) is 42.7 Å². The predicted molar refractivity (Wildman–Crippen MR) is 65.6 cm³/mol. The molecule has 0 radical (unpaired) electrons. The van der Waals surface area contributed by atoms with E-state index in [9.17, 15) is 14.4 Å². The minimum atomic E-state index is -0.789. The molecule has 18 heavy (non-hydrogen) atoms. The molecule has 1 heterocycles. The van der Waals surface area contributed by atoms with E-state index in [0.717, 1.165) is 16.7 Å². The summed E-state index contributed by atoms with van der Waals surface area (Å²) in [6.07, 6.45) is 1.49. The molecule has 0 saturated carbocycles. The van der Waals surface area contributed by atoms with Crippen LogP contribution in [-0.2, 0) is 9.59 Å². The average Bonchev–Trinajstić information content (AvgIpc) is 2.28. The smallest absolute Gasteiger partial charge is 0.273 e. The van der Waals surface area contributed by atoms with Crippen molar-refractivity contribution >= 4 is 23.9 Å². The van der Waals surface area contributed by atoms with Gasteiger partial charge in [-0.25, -0.2) is 4.79 Å². The van der Waals surface area contributed by atoms with E-state index in [0.29, 0.717) is 0 Å². The Morgan fingerprint density at radius 3 is 2.22 bits per heavy atom. The lowest BCUT2D eigenvalue weighted by Gasteiger charge is -2.14. The topological polar surface area (TPSA) is 75.3 Å². The van der Waals surface area contributed by atoms with Gasteiger partial charge >= 0.3 is 6.03 Å². The summed E-state index contributed by atoms with van der Waals surface area (Å²) in [5.74, 6) is -1.35. The molecule has 0 bridgehead atoms. The van der Waals surface area contributed by atoms with Crippen molar-refractivity contribution in [3.8, 4) is 0 Å². The van der Waals surface area contributed by atoms with Crippen LogP contribution in [0.1, 0.15) is 16.7 Å². The number of hydrogen-bond acceptors (Lipinski definition) is 3. The summed E-state index contributed by atoms with van der Waals surface area (Å²) in [5.41, 5.74) is 2.69. The molecule has 1 aromatic carbocycles. The van der Waals surface area contributed by atoms with Crippen LogP contribution in [0, 0.1) is 13.8 Å². The lowest BCUT2D eigenvalue weighted by atomic mass is 10.0. The van der Waals surface area contributed by atoms with Crippen LogP contribution in [-0.4, -0.2) is 17.8 Å². The Balaban J connectivity index is 2.43. The number of carbonyl (C=O) groups excluding carboxylic acids is 3. The molecule has 2 N–H and O–H groups in total. The van der Waals surface area contributed by atoms with Gasteiger partial charge in [-0.2, -0.15) is 0 Å². The summed E-state index contributed by atoms with van der Waals surface area (Å²) in [7, 11) is 0. The number of barbiturate groups is 1. The van der Waals surface area contributed by atoms with Crippen LogP contribution in [0.4, 0.5) is 4.79 Å². The first-order valence-electron chi connectivity index (χ1n) is 5.43. The van der Waals surface area contributed by atoms with Gasteiger partial charge in [0.05, 0.1) is 0 Å². The first-order chi connectivity index (χ1) is 8.47. The summed E-state index contributed by atoms with van der Waals surface area (Å²) in [6, 6.07) is 4.94. The zero-order chi connectivity index (χ0) is 13.3. The van der Waals surface area contributed by atoms with Gasteiger partial charge in [-0.3, -0.25) is 20.2 Å². The predicted octanol–water partition coefficient (Wildman–Crippen LogP) is 1.05. The molecule has 1 saturated heterocycles. The highest BCUT2D eigenvalue weighted by Gasteiger charge is 2.27. The first kappa shape index (κ1) is 12.0. The summed E-state index contributed by atoms with van der Waals surface area (Å²) in [6.45, 7) is 3.81. The first-order valence-corrected chi connectivity index (χ1v) is 5.43. The summed E-state index contributed by atoms with van der Waals surface area (Å²) >= 11 is 0. The number of aryl methyl sites for hydroxylation is 2. The number of nitrogens with one attached hydrogen (secondary N) is 2. The number of carbonyl (C=O) groups is 3. The molecule has 0 spiro atoms. The van der Waals surface area contributed by atoms with Gasteiger partial charge in [0.2, 0.25) is 0 Å². The second-order valence-corrected chi connectivity index (χ2v) is 4.16. The van der Waals surface area contributed by atoms with Crippen LogP contribution >= 0.6 is 0 Å². The van der Waals surface area contributed by atoms with Gasteiger partial charge in [-0.1, -0.05) is 23.8 Å². The molecular formula is C13H12N2O3. The Hall–Kier alpha value is -2.43. The third-order valence-corrected chi connectivity index (χ3v) is 2.68. The van der Waals surface area contributed by atoms with Crippen molar-refractivity contribution in [3.63, 3.8) is 0 Å². The van der Waals surface area contributed by atoms with Crippen LogP contribution in [0.2, 0.25) is 0 Å². The summed E-state index contributed by atoms with van der Waals surface area (Å²) in [5, 5.41) is 4.07. The Kier molecular flexibility index (Phi) is 2.97.